The summed E-state index contributed by atoms with van der Waals surface area (Å²) in [5.41, 5.74) is 5.22. The Morgan fingerprint density at radius 1 is 0.923 bits per heavy atom. The topological polar surface area (TPSA) is 81.9 Å². The quantitative estimate of drug-likeness (QED) is 0.266. The molecule has 1 amide bonds. The van der Waals surface area contributed by atoms with Gasteiger partial charge in [0.1, 0.15) is 11.4 Å². The van der Waals surface area contributed by atoms with Gasteiger partial charge in [0.2, 0.25) is 0 Å². The lowest BCUT2D eigenvalue weighted by Crippen LogP contribution is -2.33. The first-order valence-corrected chi connectivity index (χ1v) is 14.0. The molecule has 2 aliphatic rings. The van der Waals surface area contributed by atoms with Gasteiger partial charge in [0.25, 0.3) is 0 Å². The second-order valence-corrected chi connectivity index (χ2v) is 10.5. The molecule has 204 valence electrons. The van der Waals surface area contributed by atoms with Crippen molar-refractivity contribution in [2.75, 3.05) is 18.1 Å². The average molecular weight is 549 g/mol. The van der Waals surface area contributed by atoms with E-state index in [-0.39, 0.29) is 12.6 Å². The molecule has 0 N–H and O–H groups in total. The summed E-state index contributed by atoms with van der Waals surface area (Å²) in [6.07, 6.45) is 4.48. The van der Waals surface area contributed by atoms with Gasteiger partial charge in [0.05, 0.1) is 18.6 Å². The number of esters is 1. The Morgan fingerprint density at radius 3 is 2.10 bits per heavy atom. The number of allylic oxidation sites excluding steroid dienone is 2. The van der Waals surface area contributed by atoms with Gasteiger partial charge in [0, 0.05) is 16.3 Å². The molecule has 3 aromatic rings. The lowest BCUT2D eigenvalue weighted by atomic mass is 9.93. The fourth-order valence-electron chi connectivity index (χ4n) is 5.23. The van der Waals surface area contributed by atoms with E-state index in [0.29, 0.717) is 35.2 Å². The van der Waals surface area contributed by atoms with Crippen LogP contribution in [0, 0.1) is 6.92 Å². The SMILES string of the molecule is CCOC(=O)N(C1=C(Cl)CCCC1)c1c(C)noc1-c1ccc(-c2ccc(C3(C(=O)OCC)CC3)cc2)cc1. The molecule has 39 heavy (non-hydrogen) atoms. The van der Waals surface area contributed by atoms with Gasteiger partial charge in [-0.3, -0.25) is 4.79 Å². The summed E-state index contributed by atoms with van der Waals surface area (Å²) < 4.78 is 16.5. The van der Waals surface area contributed by atoms with Crippen LogP contribution < -0.4 is 4.90 Å². The van der Waals surface area contributed by atoms with Gasteiger partial charge in [-0.05, 0) is 76.0 Å². The predicted molar refractivity (Wildman–Crippen MR) is 151 cm³/mol. The Morgan fingerprint density at radius 2 is 1.51 bits per heavy atom. The van der Waals surface area contributed by atoms with Gasteiger partial charge in [-0.15, -0.1) is 0 Å². The van der Waals surface area contributed by atoms with Crippen molar-refractivity contribution >= 4 is 29.4 Å². The molecule has 0 unspecified atom stereocenters. The maximum atomic E-state index is 13.2. The van der Waals surface area contributed by atoms with Crippen LogP contribution in [-0.2, 0) is 19.7 Å². The number of aryl methyl sites for hydroxylation is 1. The van der Waals surface area contributed by atoms with E-state index in [4.69, 9.17) is 25.6 Å². The molecule has 7 nitrogen and oxygen atoms in total. The molecule has 0 saturated heterocycles. The number of ether oxygens (including phenoxy) is 2. The number of carbonyl (C=O) groups is 2. The number of nitrogens with zero attached hydrogens (tertiary/aromatic N) is 2. The number of rotatable bonds is 8. The molecular formula is C31H33ClN2O5. The van der Waals surface area contributed by atoms with Gasteiger partial charge in [0.15, 0.2) is 5.76 Å². The molecule has 1 fully saturated rings. The number of benzene rings is 2. The molecule has 2 aliphatic carbocycles. The standard InChI is InChI=1S/C31H33ClN2O5/c1-4-37-29(35)31(18-19-31)24-16-14-22(15-17-24)21-10-12-23(13-11-21)28-27(20(3)33-39-28)34(30(36)38-5-2)26-9-7-6-8-25(26)32/h10-17H,4-9,18-19H2,1-3H3. The number of anilines is 1. The van der Waals surface area contributed by atoms with Crippen LogP contribution in [0.5, 0.6) is 0 Å². The molecule has 8 heteroatoms. The van der Waals surface area contributed by atoms with E-state index in [1.807, 2.05) is 62.4 Å². The number of hydrogen-bond acceptors (Lipinski definition) is 6. The fraction of sp³-hybridized carbons (Fsp3) is 0.387. The predicted octanol–water partition coefficient (Wildman–Crippen LogP) is 7.90. The zero-order chi connectivity index (χ0) is 27.6. The zero-order valence-electron chi connectivity index (χ0n) is 22.6. The molecule has 5 rings (SSSR count). The molecule has 1 heterocycles. The summed E-state index contributed by atoms with van der Waals surface area (Å²) in [5.74, 6) is 0.345. The van der Waals surface area contributed by atoms with E-state index < -0.39 is 11.5 Å². The van der Waals surface area contributed by atoms with Gasteiger partial charge >= 0.3 is 12.1 Å². The molecular weight excluding hydrogens is 516 g/mol. The summed E-state index contributed by atoms with van der Waals surface area (Å²) in [6.45, 7) is 6.06. The Bertz CT molecular complexity index is 1390. The summed E-state index contributed by atoms with van der Waals surface area (Å²) in [5, 5.41) is 4.86. The monoisotopic (exact) mass is 548 g/mol. The minimum Gasteiger partial charge on any atom is -0.465 e. The van der Waals surface area contributed by atoms with Gasteiger partial charge < -0.3 is 14.0 Å². The number of carbonyl (C=O) groups excluding carboxylic acids is 2. The number of halogens is 1. The van der Waals surface area contributed by atoms with Gasteiger partial charge in [-0.25, -0.2) is 9.69 Å². The Balaban J connectivity index is 1.44. The van der Waals surface area contributed by atoms with Gasteiger partial charge in [-0.2, -0.15) is 0 Å². The summed E-state index contributed by atoms with van der Waals surface area (Å²) in [7, 11) is 0. The van der Waals surface area contributed by atoms with E-state index in [2.05, 4.69) is 5.16 Å². The zero-order valence-corrected chi connectivity index (χ0v) is 23.3. The molecule has 0 spiro atoms. The fourth-order valence-corrected chi connectivity index (χ4v) is 5.54. The van der Waals surface area contributed by atoms with Crippen molar-refractivity contribution in [3.8, 4) is 22.5 Å². The van der Waals surface area contributed by atoms with Crippen molar-refractivity contribution in [1.82, 2.24) is 5.16 Å². The average Bonchev–Trinajstić information content (AvgIpc) is 3.68. The van der Waals surface area contributed by atoms with Crippen LogP contribution in [0.15, 0.2) is 63.8 Å². The lowest BCUT2D eigenvalue weighted by molar-refractivity contribution is -0.146. The summed E-state index contributed by atoms with van der Waals surface area (Å²) in [6, 6.07) is 16.0. The first-order valence-electron chi connectivity index (χ1n) is 13.6. The molecule has 0 bridgehead atoms. The smallest absolute Gasteiger partial charge is 0.418 e. The number of hydrogen-bond donors (Lipinski definition) is 0. The third-order valence-electron chi connectivity index (χ3n) is 7.48. The Kier molecular flexibility index (Phi) is 7.80. The van der Waals surface area contributed by atoms with E-state index >= 15 is 0 Å². The first-order chi connectivity index (χ1) is 18.9. The van der Waals surface area contributed by atoms with Crippen molar-refractivity contribution in [3.05, 3.63) is 70.5 Å². The van der Waals surface area contributed by atoms with Crippen molar-refractivity contribution in [1.29, 1.82) is 0 Å². The van der Waals surface area contributed by atoms with Crippen LogP contribution in [0.3, 0.4) is 0 Å². The molecule has 0 radical (unpaired) electrons. The van der Waals surface area contributed by atoms with Crippen LogP contribution in [0.1, 0.15) is 63.6 Å². The molecule has 0 aliphatic heterocycles. The van der Waals surface area contributed by atoms with Crippen molar-refractivity contribution in [2.24, 2.45) is 0 Å². The minimum absolute atomic E-state index is 0.137. The third-order valence-corrected chi connectivity index (χ3v) is 7.89. The number of amides is 1. The Labute approximate surface area is 233 Å². The maximum absolute atomic E-state index is 13.2. The second-order valence-electron chi connectivity index (χ2n) is 10.00. The van der Waals surface area contributed by atoms with Crippen LogP contribution in [0.4, 0.5) is 10.5 Å². The normalized spacial score (nSPS) is 16.1. The largest absolute Gasteiger partial charge is 0.465 e. The van der Waals surface area contributed by atoms with Crippen molar-refractivity contribution in [3.63, 3.8) is 0 Å². The third kappa shape index (κ3) is 5.20. The van der Waals surface area contributed by atoms with E-state index in [9.17, 15) is 9.59 Å². The molecule has 0 atom stereocenters. The van der Waals surface area contributed by atoms with Crippen LogP contribution in [0.2, 0.25) is 0 Å². The highest BCUT2D eigenvalue weighted by Gasteiger charge is 2.52. The first kappa shape index (κ1) is 27.0. The van der Waals surface area contributed by atoms with E-state index in [1.165, 1.54) is 4.90 Å². The Hall–Kier alpha value is -3.58. The van der Waals surface area contributed by atoms with Gasteiger partial charge in [-0.1, -0.05) is 65.3 Å². The summed E-state index contributed by atoms with van der Waals surface area (Å²) in [4.78, 5) is 27.1. The molecule has 2 aromatic carbocycles. The summed E-state index contributed by atoms with van der Waals surface area (Å²) >= 11 is 6.61. The highest BCUT2D eigenvalue weighted by molar-refractivity contribution is 6.30. The maximum Gasteiger partial charge on any atom is 0.418 e. The van der Waals surface area contributed by atoms with Crippen LogP contribution in [0.25, 0.3) is 22.5 Å². The van der Waals surface area contributed by atoms with Crippen LogP contribution in [-0.4, -0.2) is 30.4 Å². The second kappa shape index (κ2) is 11.3. The highest BCUT2D eigenvalue weighted by atomic mass is 35.5. The lowest BCUT2D eigenvalue weighted by Gasteiger charge is -2.28. The minimum atomic E-state index is -0.493. The van der Waals surface area contributed by atoms with E-state index in [0.717, 1.165) is 60.1 Å². The molecule has 1 saturated carbocycles. The van der Waals surface area contributed by atoms with E-state index in [1.54, 1.807) is 6.92 Å². The van der Waals surface area contributed by atoms with Crippen molar-refractivity contribution < 1.29 is 23.6 Å². The number of aromatic nitrogens is 1. The highest BCUT2D eigenvalue weighted by Crippen LogP contribution is 2.49. The van der Waals surface area contributed by atoms with Crippen molar-refractivity contribution in [2.45, 2.75) is 64.7 Å². The van der Waals surface area contributed by atoms with Crippen LogP contribution >= 0.6 is 11.6 Å². The molecule has 1 aromatic heterocycles.